The van der Waals surface area contributed by atoms with Gasteiger partial charge in [0.25, 0.3) is 0 Å². The molecule has 3 nitrogen and oxygen atoms in total. The summed E-state index contributed by atoms with van der Waals surface area (Å²) in [6.07, 6.45) is 2.88. The van der Waals surface area contributed by atoms with Crippen molar-refractivity contribution in [1.29, 1.82) is 0 Å². The van der Waals surface area contributed by atoms with Crippen LogP contribution in [0, 0.1) is 0 Å². The molecule has 0 fully saturated rings. The lowest BCUT2D eigenvalue weighted by Crippen LogP contribution is -1.93. The lowest BCUT2D eigenvalue weighted by atomic mass is 10.2. The van der Waals surface area contributed by atoms with Gasteiger partial charge in [-0.2, -0.15) is 0 Å². The average molecular weight is 178 g/mol. The Bertz CT molecular complexity index is 329. The average Bonchev–Trinajstić information content (AvgIpc) is 2.14. The van der Waals surface area contributed by atoms with E-state index in [-0.39, 0.29) is 5.75 Å². The fourth-order valence-electron chi connectivity index (χ4n) is 0.861. The molecule has 13 heavy (non-hydrogen) atoms. The van der Waals surface area contributed by atoms with Gasteiger partial charge in [-0.15, -0.1) is 0 Å². The number of phenols is 1. The highest BCUT2D eigenvalue weighted by atomic mass is 16.5. The minimum absolute atomic E-state index is 0.173. The van der Waals surface area contributed by atoms with E-state index in [0.29, 0.717) is 0 Å². The van der Waals surface area contributed by atoms with Crippen LogP contribution >= 0.6 is 0 Å². The first-order valence-electron chi connectivity index (χ1n) is 3.77. The quantitative estimate of drug-likeness (QED) is 0.552. The monoisotopic (exact) mass is 178 g/mol. The first kappa shape index (κ1) is 9.32. The van der Waals surface area contributed by atoms with Crippen LogP contribution in [0.5, 0.6) is 5.75 Å². The molecule has 0 bridgehead atoms. The van der Waals surface area contributed by atoms with Crippen molar-refractivity contribution in [3.8, 4) is 5.75 Å². The maximum atomic E-state index is 10.7. The predicted octanol–water partition coefficient (Wildman–Crippen LogP) is 1.58. The molecular weight excluding hydrogens is 168 g/mol. The molecule has 1 aromatic rings. The summed E-state index contributed by atoms with van der Waals surface area (Å²) < 4.78 is 4.41. The molecule has 1 aromatic carbocycles. The largest absolute Gasteiger partial charge is 0.508 e. The van der Waals surface area contributed by atoms with Crippen LogP contribution in [0.15, 0.2) is 30.3 Å². The van der Waals surface area contributed by atoms with Gasteiger partial charge in [-0.05, 0) is 23.8 Å². The number of carbonyl (C=O) groups is 1. The maximum Gasteiger partial charge on any atom is 0.330 e. The first-order chi connectivity index (χ1) is 6.22. The van der Waals surface area contributed by atoms with E-state index in [0.717, 1.165) is 5.56 Å². The molecule has 68 valence electrons. The third-order valence-corrected chi connectivity index (χ3v) is 1.48. The number of hydrogen-bond acceptors (Lipinski definition) is 3. The molecule has 0 saturated heterocycles. The number of ether oxygens (including phenoxy) is 1. The maximum absolute atomic E-state index is 10.7. The summed E-state index contributed by atoms with van der Waals surface area (Å²) in [5.74, 6) is -0.240. The summed E-state index contributed by atoms with van der Waals surface area (Å²) in [5.41, 5.74) is 0.755. The highest BCUT2D eigenvalue weighted by Crippen LogP contribution is 2.11. The standard InChI is InChI=1S/C10H10O3/c1-13-10(12)6-5-8-3-2-4-9(11)7-8/h2-7,11H,1H3/b6-5-. The van der Waals surface area contributed by atoms with Crippen LogP contribution in [0.4, 0.5) is 0 Å². The van der Waals surface area contributed by atoms with Crippen LogP contribution < -0.4 is 0 Å². The molecular formula is C10H10O3. The zero-order valence-corrected chi connectivity index (χ0v) is 7.23. The molecule has 3 heteroatoms. The van der Waals surface area contributed by atoms with E-state index < -0.39 is 5.97 Å². The van der Waals surface area contributed by atoms with Crippen LogP contribution in [0.3, 0.4) is 0 Å². The Kier molecular flexibility index (Phi) is 3.09. The van der Waals surface area contributed by atoms with Crippen molar-refractivity contribution in [1.82, 2.24) is 0 Å². The second-order valence-corrected chi connectivity index (χ2v) is 2.45. The Morgan fingerprint density at radius 2 is 2.31 bits per heavy atom. The number of esters is 1. The second kappa shape index (κ2) is 4.30. The molecule has 0 saturated carbocycles. The number of phenolic OH excluding ortho intramolecular Hbond substituents is 1. The van der Waals surface area contributed by atoms with E-state index in [1.165, 1.54) is 13.2 Å². The lowest BCUT2D eigenvalue weighted by molar-refractivity contribution is -0.134. The number of aromatic hydroxyl groups is 1. The summed E-state index contributed by atoms with van der Waals surface area (Å²) in [6.45, 7) is 0. The summed E-state index contributed by atoms with van der Waals surface area (Å²) in [5, 5.41) is 9.09. The Morgan fingerprint density at radius 1 is 1.54 bits per heavy atom. The lowest BCUT2D eigenvalue weighted by Gasteiger charge is -1.94. The van der Waals surface area contributed by atoms with E-state index in [1.54, 1.807) is 30.3 Å². The molecule has 0 unspecified atom stereocenters. The third-order valence-electron chi connectivity index (χ3n) is 1.48. The summed E-state index contributed by atoms with van der Waals surface area (Å²) in [7, 11) is 1.31. The normalized spacial score (nSPS) is 10.2. The SMILES string of the molecule is COC(=O)/C=C\c1cccc(O)c1. The van der Waals surface area contributed by atoms with E-state index in [9.17, 15) is 4.79 Å². The van der Waals surface area contributed by atoms with Crippen LogP contribution in [0.25, 0.3) is 6.08 Å². The van der Waals surface area contributed by atoms with E-state index in [2.05, 4.69) is 4.74 Å². The molecule has 0 heterocycles. The Labute approximate surface area is 76.3 Å². The number of rotatable bonds is 2. The van der Waals surface area contributed by atoms with Gasteiger partial charge in [0.2, 0.25) is 0 Å². The van der Waals surface area contributed by atoms with Gasteiger partial charge in [-0.25, -0.2) is 4.79 Å². The highest BCUT2D eigenvalue weighted by molar-refractivity contribution is 5.86. The smallest absolute Gasteiger partial charge is 0.330 e. The second-order valence-electron chi connectivity index (χ2n) is 2.45. The molecule has 0 spiro atoms. The summed E-state index contributed by atoms with van der Waals surface area (Å²) in [6, 6.07) is 6.60. The van der Waals surface area contributed by atoms with Gasteiger partial charge in [0, 0.05) is 6.08 Å². The van der Waals surface area contributed by atoms with Crippen molar-refractivity contribution < 1.29 is 14.6 Å². The fourth-order valence-corrected chi connectivity index (χ4v) is 0.861. The van der Waals surface area contributed by atoms with Crippen molar-refractivity contribution in [3.05, 3.63) is 35.9 Å². The molecule has 0 aliphatic rings. The molecule has 0 aromatic heterocycles. The molecule has 1 N–H and O–H groups in total. The first-order valence-corrected chi connectivity index (χ1v) is 3.77. The van der Waals surface area contributed by atoms with E-state index in [1.807, 2.05) is 0 Å². The predicted molar refractivity (Wildman–Crippen MR) is 49.2 cm³/mol. The van der Waals surface area contributed by atoms with Gasteiger partial charge in [-0.1, -0.05) is 12.1 Å². The molecule has 0 amide bonds. The molecule has 0 aliphatic carbocycles. The molecule has 0 aliphatic heterocycles. The zero-order valence-electron chi connectivity index (χ0n) is 7.23. The van der Waals surface area contributed by atoms with Crippen LogP contribution in [0.1, 0.15) is 5.56 Å². The van der Waals surface area contributed by atoms with Crippen LogP contribution in [-0.2, 0) is 9.53 Å². The van der Waals surface area contributed by atoms with Crippen molar-refractivity contribution in [2.45, 2.75) is 0 Å². The van der Waals surface area contributed by atoms with Gasteiger partial charge in [0.05, 0.1) is 7.11 Å². The molecule has 0 atom stereocenters. The number of hydrogen-bond donors (Lipinski definition) is 1. The van der Waals surface area contributed by atoms with Gasteiger partial charge in [0.15, 0.2) is 0 Å². The Hall–Kier alpha value is -1.77. The van der Waals surface area contributed by atoms with Gasteiger partial charge in [0.1, 0.15) is 5.75 Å². The topological polar surface area (TPSA) is 46.5 Å². The Balaban J connectivity index is 2.74. The van der Waals surface area contributed by atoms with Crippen molar-refractivity contribution in [2.24, 2.45) is 0 Å². The van der Waals surface area contributed by atoms with Gasteiger partial charge in [-0.3, -0.25) is 0 Å². The molecule has 1 rings (SSSR count). The van der Waals surface area contributed by atoms with Crippen molar-refractivity contribution in [2.75, 3.05) is 7.11 Å². The minimum Gasteiger partial charge on any atom is -0.508 e. The van der Waals surface area contributed by atoms with Crippen LogP contribution in [-0.4, -0.2) is 18.2 Å². The summed E-state index contributed by atoms with van der Waals surface area (Å²) >= 11 is 0. The third kappa shape index (κ3) is 2.99. The van der Waals surface area contributed by atoms with Gasteiger partial charge < -0.3 is 9.84 Å². The van der Waals surface area contributed by atoms with Gasteiger partial charge >= 0.3 is 5.97 Å². The van der Waals surface area contributed by atoms with Crippen molar-refractivity contribution >= 4 is 12.0 Å². The van der Waals surface area contributed by atoms with E-state index in [4.69, 9.17) is 5.11 Å². The molecule has 0 radical (unpaired) electrons. The Morgan fingerprint density at radius 3 is 2.92 bits per heavy atom. The van der Waals surface area contributed by atoms with Crippen LogP contribution in [0.2, 0.25) is 0 Å². The van der Waals surface area contributed by atoms with E-state index >= 15 is 0 Å². The fraction of sp³-hybridized carbons (Fsp3) is 0.100. The summed E-state index contributed by atoms with van der Waals surface area (Å²) in [4.78, 5) is 10.7. The minimum atomic E-state index is -0.414. The number of benzene rings is 1. The number of carbonyl (C=O) groups excluding carboxylic acids is 1. The zero-order chi connectivity index (χ0) is 9.68. The number of methoxy groups -OCH3 is 1. The van der Waals surface area contributed by atoms with Crippen molar-refractivity contribution in [3.63, 3.8) is 0 Å². The highest BCUT2D eigenvalue weighted by Gasteiger charge is 1.92.